The normalized spacial score (nSPS) is 24.2. The van der Waals surface area contributed by atoms with Crippen LogP contribution in [0.4, 0.5) is 0 Å². The van der Waals surface area contributed by atoms with Gasteiger partial charge in [0.2, 0.25) is 0 Å². The smallest absolute Gasteiger partial charge is 0.0476 e. The van der Waals surface area contributed by atoms with E-state index in [2.05, 4.69) is 61.3 Å². The van der Waals surface area contributed by atoms with Crippen LogP contribution in [0, 0.1) is 0 Å². The Kier molecular flexibility index (Phi) is 7.88. The molecule has 0 spiro atoms. The van der Waals surface area contributed by atoms with Crippen LogP contribution in [0.5, 0.6) is 0 Å². The second-order valence-corrected chi connectivity index (χ2v) is 4.91. The third kappa shape index (κ3) is 3.86. The van der Waals surface area contributed by atoms with Gasteiger partial charge in [0.1, 0.15) is 0 Å². The highest BCUT2D eigenvalue weighted by Crippen LogP contribution is 2.24. The van der Waals surface area contributed by atoms with Gasteiger partial charge in [-0.1, -0.05) is 30.3 Å². The third-order valence-electron chi connectivity index (χ3n) is 3.56. The zero-order valence-corrected chi connectivity index (χ0v) is 12.9. The van der Waals surface area contributed by atoms with Crippen molar-refractivity contribution in [2.45, 2.75) is 38.9 Å². The van der Waals surface area contributed by atoms with Crippen LogP contribution < -0.4 is 5.32 Å². The fraction of sp³-hybridized carbons (Fsp3) is 0.571. The molecule has 0 saturated carbocycles. The maximum absolute atomic E-state index is 3.63. The molecule has 1 saturated heterocycles. The molecule has 1 N–H and O–H groups in total. The first-order valence-electron chi connectivity index (χ1n) is 6.24. The highest BCUT2D eigenvalue weighted by molar-refractivity contribution is 5.85. The van der Waals surface area contributed by atoms with E-state index in [-0.39, 0.29) is 24.8 Å². The minimum Gasteiger partial charge on any atom is -0.307 e. The number of halogens is 2. The summed E-state index contributed by atoms with van der Waals surface area (Å²) in [6, 6.07) is 12.4. The lowest BCUT2D eigenvalue weighted by Crippen LogP contribution is -2.54. The monoisotopic (exact) mass is 290 g/mol. The van der Waals surface area contributed by atoms with E-state index < -0.39 is 0 Å². The standard InChI is InChI=1S/C14H22N2.2ClH/c1-11(2)16-10-9-15-14(12(16)3)13-7-5-4-6-8-13;;/h4-8,11-12,14-15H,9-10H2,1-3H3;2*1H. The van der Waals surface area contributed by atoms with Gasteiger partial charge in [0.25, 0.3) is 0 Å². The van der Waals surface area contributed by atoms with Crippen molar-refractivity contribution in [2.24, 2.45) is 0 Å². The van der Waals surface area contributed by atoms with E-state index >= 15 is 0 Å². The lowest BCUT2D eigenvalue weighted by Gasteiger charge is -2.42. The fourth-order valence-electron chi connectivity index (χ4n) is 2.70. The quantitative estimate of drug-likeness (QED) is 0.899. The van der Waals surface area contributed by atoms with Crippen molar-refractivity contribution >= 4 is 24.8 Å². The number of piperazine rings is 1. The molecule has 0 aromatic heterocycles. The Bertz CT molecular complexity index is 330. The van der Waals surface area contributed by atoms with Gasteiger partial charge >= 0.3 is 0 Å². The minimum atomic E-state index is 0. The summed E-state index contributed by atoms with van der Waals surface area (Å²) < 4.78 is 0. The maximum Gasteiger partial charge on any atom is 0.0476 e. The molecule has 2 rings (SSSR count). The largest absolute Gasteiger partial charge is 0.307 e. The Morgan fingerprint density at radius 2 is 1.78 bits per heavy atom. The predicted molar refractivity (Wildman–Crippen MR) is 83.0 cm³/mol. The Hall–Kier alpha value is -0.280. The number of hydrogen-bond donors (Lipinski definition) is 1. The average molecular weight is 291 g/mol. The van der Waals surface area contributed by atoms with Crippen LogP contribution in [-0.2, 0) is 0 Å². The molecule has 1 aliphatic rings. The summed E-state index contributed by atoms with van der Waals surface area (Å²) in [6.45, 7) is 9.13. The molecule has 0 aliphatic carbocycles. The molecule has 4 heteroatoms. The van der Waals surface area contributed by atoms with Crippen molar-refractivity contribution in [3.05, 3.63) is 35.9 Å². The molecule has 2 atom stereocenters. The SMILES string of the molecule is CC(C)N1CCNC(c2ccccc2)C1C.Cl.Cl. The molecule has 1 fully saturated rings. The van der Waals surface area contributed by atoms with Gasteiger partial charge in [-0.2, -0.15) is 0 Å². The van der Waals surface area contributed by atoms with E-state index in [4.69, 9.17) is 0 Å². The van der Waals surface area contributed by atoms with Crippen LogP contribution in [0.15, 0.2) is 30.3 Å². The number of hydrogen-bond acceptors (Lipinski definition) is 2. The Balaban J connectivity index is 0.00000144. The molecule has 1 aromatic rings. The Morgan fingerprint density at radius 1 is 1.17 bits per heavy atom. The highest BCUT2D eigenvalue weighted by Gasteiger charge is 2.29. The molecule has 0 radical (unpaired) electrons. The van der Waals surface area contributed by atoms with Gasteiger partial charge < -0.3 is 5.32 Å². The lowest BCUT2D eigenvalue weighted by atomic mass is 9.96. The first-order valence-corrected chi connectivity index (χ1v) is 6.24. The molecule has 1 heterocycles. The van der Waals surface area contributed by atoms with Crippen LogP contribution in [0.2, 0.25) is 0 Å². The number of benzene rings is 1. The van der Waals surface area contributed by atoms with Crippen molar-refractivity contribution in [3.63, 3.8) is 0 Å². The molecular formula is C14H24Cl2N2. The molecule has 0 bridgehead atoms. The molecule has 1 aromatic carbocycles. The van der Waals surface area contributed by atoms with Gasteiger partial charge in [-0.15, -0.1) is 24.8 Å². The van der Waals surface area contributed by atoms with E-state index in [0.29, 0.717) is 18.1 Å². The molecule has 0 amide bonds. The van der Waals surface area contributed by atoms with Crippen molar-refractivity contribution in [1.82, 2.24) is 10.2 Å². The zero-order valence-electron chi connectivity index (χ0n) is 11.3. The second kappa shape index (κ2) is 8.00. The molecule has 104 valence electrons. The van der Waals surface area contributed by atoms with Crippen LogP contribution in [-0.4, -0.2) is 30.1 Å². The molecule has 1 aliphatic heterocycles. The van der Waals surface area contributed by atoms with E-state index in [0.717, 1.165) is 13.1 Å². The molecular weight excluding hydrogens is 267 g/mol. The zero-order chi connectivity index (χ0) is 11.5. The van der Waals surface area contributed by atoms with E-state index in [1.54, 1.807) is 0 Å². The van der Waals surface area contributed by atoms with E-state index in [1.165, 1.54) is 5.56 Å². The average Bonchev–Trinajstić information content (AvgIpc) is 2.30. The van der Waals surface area contributed by atoms with Gasteiger partial charge in [-0.3, -0.25) is 4.90 Å². The van der Waals surface area contributed by atoms with Crippen molar-refractivity contribution < 1.29 is 0 Å². The van der Waals surface area contributed by atoms with Crippen LogP contribution in [0.1, 0.15) is 32.4 Å². The number of rotatable bonds is 2. The fourth-order valence-corrected chi connectivity index (χ4v) is 2.70. The summed E-state index contributed by atoms with van der Waals surface area (Å²) in [5, 5.41) is 3.63. The van der Waals surface area contributed by atoms with Crippen molar-refractivity contribution in [2.75, 3.05) is 13.1 Å². The number of nitrogens with one attached hydrogen (secondary N) is 1. The number of nitrogens with zero attached hydrogens (tertiary/aromatic N) is 1. The summed E-state index contributed by atoms with van der Waals surface area (Å²) in [5.41, 5.74) is 1.40. The first kappa shape index (κ1) is 17.7. The lowest BCUT2D eigenvalue weighted by molar-refractivity contribution is 0.0987. The summed E-state index contributed by atoms with van der Waals surface area (Å²) in [5.74, 6) is 0. The van der Waals surface area contributed by atoms with Gasteiger partial charge in [0.05, 0.1) is 0 Å². The van der Waals surface area contributed by atoms with Gasteiger partial charge in [0, 0.05) is 31.2 Å². The first-order chi connectivity index (χ1) is 7.70. The van der Waals surface area contributed by atoms with E-state index in [9.17, 15) is 0 Å². The Morgan fingerprint density at radius 3 is 2.33 bits per heavy atom. The Labute approximate surface area is 123 Å². The molecule has 2 unspecified atom stereocenters. The van der Waals surface area contributed by atoms with Crippen LogP contribution in [0.3, 0.4) is 0 Å². The van der Waals surface area contributed by atoms with Crippen LogP contribution in [0.25, 0.3) is 0 Å². The van der Waals surface area contributed by atoms with Gasteiger partial charge in [-0.05, 0) is 26.3 Å². The maximum atomic E-state index is 3.63. The molecule has 2 nitrogen and oxygen atoms in total. The summed E-state index contributed by atoms with van der Waals surface area (Å²) in [7, 11) is 0. The summed E-state index contributed by atoms with van der Waals surface area (Å²) in [6.07, 6.45) is 0. The highest BCUT2D eigenvalue weighted by atomic mass is 35.5. The molecule has 18 heavy (non-hydrogen) atoms. The summed E-state index contributed by atoms with van der Waals surface area (Å²) in [4.78, 5) is 2.58. The van der Waals surface area contributed by atoms with Crippen molar-refractivity contribution in [3.8, 4) is 0 Å². The topological polar surface area (TPSA) is 15.3 Å². The minimum absolute atomic E-state index is 0. The second-order valence-electron chi connectivity index (χ2n) is 4.91. The van der Waals surface area contributed by atoms with Gasteiger partial charge in [0.15, 0.2) is 0 Å². The summed E-state index contributed by atoms with van der Waals surface area (Å²) >= 11 is 0. The van der Waals surface area contributed by atoms with Gasteiger partial charge in [-0.25, -0.2) is 0 Å². The third-order valence-corrected chi connectivity index (χ3v) is 3.56. The van der Waals surface area contributed by atoms with Crippen molar-refractivity contribution in [1.29, 1.82) is 0 Å². The predicted octanol–water partition coefficient (Wildman–Crippen LogP) is 3.27. The van der Waals surface area contributed by atoms with E-state index in [1.807, 2.05) is 0 Å². The van der Waals surface area contributed by atoms with Crippen LogP contribution >= 0.6 is 24.8 Å².